The average molecular weight is 265 g/mol. The van der Waals surface area contributed by atoms with Crippen LogP contribution in [0, 0.1) is 0 Å². The molecule has 0 saturated carbocycles. The first-order valence-corrected chi connectivity index (χ1v) is 6.22. The van der Waals surface area contributed by atoms with Gasteiger partial charge in [0.15, 0.2) is 17.6 Å². The summed E-state index contributed by atoms with van der Waals surface area (Å²) in [7, 11) is 0. The zero-order chi connectivity index (χ0) is 14.1. The predicted octanol–water partition coefficient (Wildman–Crippen LogP) is 1.86. The Labute approximate surface area is 115 Å². The summed E-state index contributed by atoms with van der Waals surface area (Å²) in [5, 5.41) is 2.48. The van der Waals surface area contributed by atoms with Crippen molar-refractivity contribution in [2.24, 2.45) is 0 Å². The maximum Gasteiger partial charge on any atom is 0.252 e. The predicted molar refractivity (Wildman–Crippen MR) is 72.8 cm³/mol. The quantitative estimate of drug-likeness (QED) is 0.666. The molecule has 1 amide bonds. The first-order chi connectivity index (χ1) is 9.68. The normalized spacial score (nSPS) is 17.3. The number of ketones is 2. The minimum absolute atomic E-state index is 0.297. The van der Waals surface area contributed by atoms with E-state index in [0.717, 1.165) is 0 Å². The van der Waals surface area contributed by atoms with Gasteiger partial charge in [0.05, 0.1) is 5.56 Å². The fraction of sp³-hybridized carbons (Fsp3) is 0.0625. The van der Waals surface area contributed by atoms with E-state index in [1.807, 2.05) is 0 Å². The number of rotatable bonds is 2. The zero-order valence-electron chi connectivity index (χ0n) is 10.5. The Morgan fingerprint density at radius 2 is 1.45 bits per heavy atom. The van der Waals surface area contributed by atoms with Crippen molar-refractivity contribution in [3.8, 4) is 0 Å². The summed E-state index contributed by atoms with van der Waals surface area (Å²) in [6.45, 7) is 0. The minimum atomic E-state index is -1.14. The van der Waals surface area contributed by atoms with Gasteiger partial charge in [-0.3, -0.25) is 14.4 Å². The summed E-state index contributed by atoms with van der Waals surface area (Å²) in [6.07, 6.45) is 0. The van der Waals surface area contributed by atoms with Crippen LogP contribution in [0.15, 0.2) is 54.6 Å². The summed E-state index contributed by atoms with van der Waals surface area (Å²) >= 11 is 0. The van der Waals surface area contributed by atoms with Gasteiger partial charge < -0.3 is 5.32 Å². The largest absolute Gasteiger partial charge is 0.335 e. The van der Waals surface area contributed by atoms with E-state index in [-0.39, 0.29) is 5.78 Å². The van der Waals surface area contributed by atoms with E-state index in [2.05, 4.69) is 5.32 Å². The Morgan fingerprint density at radius 3 is 2.15 bits per heavy atom. The molecule has 4 nitrogen and oxygen atoms in total. The maximum absolute atomic E-state index is 12.3. The number of benzene rings is 2. The van der Waals surface area contributed by atoms with Gasteiger partial charge in [-0.1, -0.05) is 48.5 Å². The Morgan fingerprint density at radius 1 is 0.850 bits per heavy atom. The lowest BCUT2D eigenvalue weighted by Gasteiger charge is -2.23. The molecule has 0 saturated heterocycles. The molecule has 1 heterocycles. The third-order valence-corrected chi connectivity index (χ3v) is 3.30. The number of Topliss-reactive ketones (excluding diaryl/α,β-unsaturated/α-hetero) is 2. The number of hydrogen-bond acceptors (Lipinski definition) is 3. The molecule has 0 fully saturated rings. The molecule has 0 aromatic heterocycles. The molecule has 0 unspecified atom stereocenters. The third kappa shape index (κ3) is 1.91. The number of nitrogens with one attached hydrogen (secondary N) is 1. The second-order valence-corrected chi connectivity index (χ2v) is 4.55. The van der Waals surface area contributed by atoms with Crippen molar-refractivity contribution in [2.45, 2.75) is 6.04 Å². The fourth-order valence-corrected chi connectivity index (χ4v) is 2.28. The number of carbonyl (C=O) groups is 3. The molecule has 0 spiro atoms. The van der Waals surface area contributed by atoms with Crippen molar-refractivity contribution in [1.82, 2.24) is 5.32 Å². The first kappa shape index (κ1) is 12.3. The molecule has 2 aromatic rings. The summed E-state index contributed by atoms with van der Waals surface area (Å²) in [5.41, 5.74) is 1.02. The molecule has 4 heteroatoms. The van der Waals surface area contributed by atoms with Gasteiger partial charge in [0.2, 0.25) is 0 Å². The lowest BCUT2D eigenvalue weighted by atomic mass is 9.90. The van der Waals surface area contributed by atoms with E-state index >= 15 is 0 Å². The summed E-state index contributed by atoms with van der Waals surface area (Å²) < 4.78 is 0. The van der Waals surface area contributed by atoms with E-state index in [1.54, 1.807) is 54.6 Å². The number of carbonyl (C=O) groups excluding carboxylic acids is 3. The van der Waals surface area contributed by atoms with Crippen molar-refractivity contribution in [1.29, 1.82) is 0 Å². The van der Waals surface area contributed by atoms with Crippen LogP contribution in [0.5, 0.6) is 0 Å². The number of hydrogen-bond donors (Lipinski definition) is 1. The summed E-state index contributed by atoms with van der Waals surface area (Å²) in [5.74, 6) is -1.15. The Balaban J connectivity index is 2.00. The van der Waals surface area contributed by atoms with Crippen LogP contribution in [0.4, 0.5) is 0 Å². The van der Waals surface area contributed by atoms with Crippen molar-refractivity contribution < 1.29 is 14.4 Å². The molecular weight excluding hydrogens is 254 g/mol. The molecule has 1 N–H and O–H groups in total. The maximum atomic E-state index is 12.3. The Bertz CT molecular complexity index is 707. The fourth-order valence-electron chi connectivity index (χ4n) is 2.28. The second-order valence-electron chi connectivity index (χ2n) is 4.55. The number of fused-ring (bicyclic) bond motifs is 1. The summed E-state index contributed by atoms with van der Waals surface area (Å²) in [6, 6.07) is 13.8. The highest BCUT2D eigenvalue weighted by atomic mass is 16.2. The molecule has 1 aliphatic rings. The summed E-state index contributed by atoms with van der Waals surface area (Å²) in [4.78, 5) is 36.6. The molecule has 98 valence electrons. The standard InChI is InChI=1S/C16H11NO3/c18-14(10-6-2-1-3-7-10)13-15(19)11-8-4-5-9-12(11)16(20)17-13/h1-9,13H,(H,17,20)/t13-/m0/s1. The third-order valence-electron chi connectivity index (χ3n) is 3.30. The Hall–Kier alpha value is -2.75. The lowest BCUT2D eigenvalue weighted by Crippen LogP contribution is -2.50. The van der Waals surface area contributed by atoms with Gasteiger partial charge in [-0.25, -0.2) is 0 Å². The molecule has 20 heavy (non-hydrogen) atoms. The van der Waals surface area contributed by atoms with Crippen molar-refractivity contribution in [3.63, 3.8) is 0 Å². The van der Waals surface area contributed by atoms with Gasteiger partial charge in [-0.15, -0.1) is 0 Å². The highest BCUT2D eigenvalue weighted by molar-refractivity contribution is 6.26. The van der Waals surface area contributed by atoms with E-state index in [4.69, 9.17) is 0 Å². The van der Waals surface area contributed by atoms with E-state index in [0.29, 0.717) is 16.7 Å². The van der Waals surface area contributed by atoms with Crippen molar-refractivity contribution >= 4 is 17.5 Å². The van der Waals surface area contributed by atoms with Crippen LogP contribution in [0.2, 0.25) is 0 Å². The average Bonchev–Trinajstić information content (AvgIpc) is 2.51. The van der Waals surface area contributed by atoms with Crippen molar-refractivity contribution in [3.05, 3.63) is 71.3 Å². The monoisotopic (exact) mass is 265 g/mol. The lowest BCUT2D eigenvalue weighted by molar-refractivity contribution is 0.0760. The SMILES string of the molecule is O=C1N[C@@H](C(=O)c2ccccc2)C(=O)c2ccccc21. The molecule has 0 bridgehead atoms. The highest BCUT2D eigenvalue weighted by Crippen LogP contribution is 2.18. The van der Waals surface area contributed by atoms with Gasteiger partial charge in [-0.05, 0) is 6.07 Å². The molecule has 2 aromatic carbocycles. The molecule has 0 radical (unpaired) electrons. The van der Waals surface area contributed by atoms with Crippen molar-refractivity contribution in [2.75, 3.05) is 0 Å². The molecule has 1 atom stereocenters. The van der Waals surface area contributed by atoms with E-state index in [9.17, 15) is 14.4 Å². The molecule has 3 rings (SSSR count). The zero-order valence-corrected chi connectivity index (χ0v) is 10.5. The van der Waals surface area contributed by atoms with Gasteiger partial charge in [0.25, 0.3) is 5.91 Å². The van der Waals surface area contributed by atoms with Crippen LogP contribution in [0.3, 0.4) is 0 Å². The molecule has 1 aliphatic heterocycles. The van der Waals surface area contributed by atoms with Gasteiger partial charge in [0, 0.05) is 11.1 Å². The van der Waals surface area contributed by atoms with Crippen LogP contribution in [-0.2, 0) is 0 Å². The molecular formula is C16H11NO3. The molecule has 0 aliphatic carbocycles. The van der Waals surface area contributed by atoms with Gasteiger partial charge in [-0.2, -0.15) is 0 Å². The van der Waals surface area contributed by atoms with Crippen LogP contribution in [-0.4, -0.2) is 23.5 Å². The Kier molecular flexibility index (Phi) is 2.91. The van der Waals surface area contributed by atoms with Crippen LogP contribution in [0.25, 0.3) is 0 Å². The minimum Gasteiger partial charge on any atom is -0.335 e. The smallest absolute Gasteiger partial charge is 0.252 e. The highest BCUT2D eigenvalue weighted by Gasteiger charge is 2.36. The van der Waals surface area contributed by atoms with Crippen LogP contribution >= 0.6 is 0 Å². The van der Waals surface area contributed by atoms with Gasteiger partial charge >= 0.3 is 0 Å². The van der Waals surface area contributed by atoms with Gasteiger partial charge in [0.1, 0.15) is 0 Å². The second kappa shape index (κ2) is 4.74. The first-order valence-electron chi connectivity index (χ1n) is 6.22. The topological polar surface area (TPSA) is 63.2 Å². The van der Waals surface area contributed by atoms with Crippen LogP contribution < -0.4 is 5.32 Å². The van der Waals surface area contributed by atoms with Crippen LogP contribution in [0.1, 0.15) is 31.1 Å². The van der Waals surface area contributed by atoms with E-state index in [1.165, 1.54) is 0 Å². The van der Waals surface area contributed by atoms with E-state index < -0.39 is 17.7 Å². The number of amides is 1.